The zero-order valence-electron chi connectivity index (χ0n) is 9.28. The zero-order valence-corrected chi connectivity index (χ0v) is 10.0. The summed E-state index contributed by atoms with van der Waals surface area (Å²) in [5, 5.41) is 0.295. The fourth-order valence-corrected chi connectivity index (χ4v) is 2.02. The number of hydrogen-bond acceptors (Lipinski definition) is 3. The van der Waals surface area contributed by atoms with E-state index in [1.165, 1.54) is 19.2 Å². The molecule has 0 heterocycles. The molecular weight excluding hydrogens is 247 g/mol. The summed E-state index contributed by atoms with van der Waals surface area (Å²) in [5.41, 5.74) is 0. The number of benzene rings is 1. The van der Waals surface area contributed by atoms with Gasteiger partial charge in [-0.2, -0.15) is 0 Å². The van der Waals surface area contributed by atoms with Crippen molar-refractivity contribution in [2.75, 3.05) is 7.11 Å². The molecule has 0 bridgehead atoms. The van der Waals surface area contributed by atoms with Crippen molar-refractivity contribution in [1.82, 2.24) is 0 Å². The number of halogens is 2. The molecule has 0 spiro atoms. The summed E-state index contributed by atoms with van der Waals surface area (Å²) in [4.78, 5) is 11.1. The van der Waals surface area contributed by atoms with Gasteiger partial charge < -0.3 is 9.47 Å². The van der Waals surface area contributed by atoms with E-state index in [1.54, 1.807) is 6.07 Å². The van der Waals surface area contributed by atoms with E-state index >= 15 is 0 Å². The van der Waals surface area contributed by atoms with Gasteiger partial charge in [-0.3, -0.25) is 4.79 Å². The minimum Gasteiger partial charge on any atom is -0.490 e. The number of rotatable bonds is 3. The quantitative estimate of drug-likeness (QED) is 0.782. The summed E-state index contributed by atoms with van der Waals surface area (Å²) in [6.45, 7) is 0. The Morgan fingerprint density at radius 1 is 1.41 bits per heavy atom. The molecule has 0 radical (unpaired) electrons. The SMILES string of the molecule is COC(=O)[C@H]1C[C@H](Oc2cc(F)cc(Cl)c2)C1. The second-order valence-electron chi connectivity index (χ2n) is 4.04. The summed E-state index contributed by atoms with van der Waals surface area (Å²) in [7, 11) is 1.36. The van der Waals surface area contributed by atoms with Crippen LogP contribution in [0.5, 0.6) is 5.75 Å². The minimum absolute atomic E-state index is 0.0723. The first-order chi connectivity index (χ1) is 8.08. The van der Waals surface area contributed by atoms with Crippen molar-refractivity contribution in [3.05, 3.63) is 29.0 Å². The predicted molar refractivity (Wildman–Crippen MR) is 60.6 cm³/mol. The van der Waals surface area contributed by atoms with Crippen LogP contribution in [0, 0.1) is 11.7 Å². The highest BCUT2D eigenvalue weighted by Crippen LogP contribution is 2.33. The molecule has 0 aliphatic heterocycles. The lowest BCUT2D eigenvalue weighted by Gasteiger charge is -2.33. The second-order valence-corrected chi connectivity index (χ2v) is 4.47. The number of ether oxygens (including phenoxy) is 2. The lowest BCUT2D eigenvalue weighted by atomic mass is 9.82. The van der Waals surface area contributed by atoms with Crippen LogP contribution in [-0.4, -0.2) is 19.2 Å². The Kier molecular flexibility index (Phi) is 3.52. The summed E-state index contributed by atoms with van der Waals surface area (Å²) in [5.74, 6) is -0.365. The average Bonchev–Trinajstić information content (AvgIpc) is 2.20. The van der Waals surface area contributed by atoms with E-state index in [0.29, 0.717) is 23.6 Å². The van der Waals surface area contributed by atoms with Gasteiger partial charge in [0.05, 0.1) is 13.0 Å². The Balaban J connectivity index is 1.89. The molecule has 0 aromatic heterocycles. The molecule has 2 rings (SSSR count). The van der Waals surface area contributed by atoms with Gasteiger partial charge in [0.2, 0.25) is 0 Å². The monoisotopic (exact) mass is 258 g/mol. The van der Waals surface area contributed by atoms with Gasteiger partial charge in [0.25, 0.3) is 0 Å². The smallest absolute Gasteiger partial charge is 0.308 e. The Morgan fingerprint density at radius 3 is 2.71 bits per heavy atom. The van der Waals surface area contributed by atoms with Crippen LogP contribution in [0.25, 0.3) is 0 Å². The van der Waals surface area contributed by atoms with Gasteiger partial charge in [-0.15, -0.1) is 0 Å². The molecule has 1 aromatic rings. The van der Waals surface area contributed by atoms with Crippen molar-refractivity contribution >= 4 is 17.6 Å². The summed E-state index contributed by atoms with van der Waals surface area (Å²) in [6.07, 6.45) is 1.12. The second kappa shape index (κ2) is 4.92. The third kappa shape index (κ3) is 2.88. The van der Waals surface area contributed by atoms with E-state index in [9.17, 15) is 9.18 Å². The molecular formula is C12H12ClFO3. The van der Waals surface area contributed by atoms with Crippen molar-refractivity contribution in [2.45, 2.75) is 18.9 Å². The van der Waals surface area contributed by atoms with Crippen LogP contribution in [0.1, 0.15) is 12.8 Å². The number of carbonyl (C=O) groups is 1. The Bertz CT molecular complexity index is 410. The normalized spacial score (nSPS) is 22.8. The molecule has 92 valence electrons. The van der Waals surface area contributed by atoms with Crippen LogP contribution < -0.4 is 4.74 Å². The molecule has 1 fully saturated rings. The van der Waals surface area contributed by atoms with E-state index in [1.807, 2.05) is 0 Å². The summed E-state index contributed by atoms with van der Waals surface area (Å²) >= 11 is 5.70. The van der Waals surface area contributed by atoms with Crippen molar-refractivity contribution in [3.8, 4) is 5.75 Å². The fraction of sp³-hybridized carbons (Fsp3) is 0.417. The maximum atomic E-state index is 13.0. The molecule has 5 heteroatoms. The highest BCUT2D eigenvalue weighted by atomic mass is 35.5. The van der Waals surface area contributed by atoms with Gasteiger partial charge >= 0.3 is 5.97 Å². The van der Waals surface area contributed by atoms with Gasteiger partial charge in [0.1, 0.15) is 17.7 Å². The van der Waals surface area contributed by atoms with Crippen molar-refractivity contribution < 1.29 is 18.7 Å². The molecule has 0 saturated heterocycles. The maximum Gasteiger partial charge on any atom is 0.308 e. The van der Waals surface area contributed by atoms with Gasteiger partial charge in [-0.25, -0.2) is 4.39 Å². The number of carbonyl (C=O) groups excluding carboxylic acids is 1. The van der Waals surface area contributed by atoms with Crippen LogP contribution in [0.15, 0.2) is 18.2 Å². The Morgan fingerprint density at radius 2 is 2.12 bits per heavy atom. The fourth-order valence-electron chi connectivity index (χ4n) is 1.81. The van der Waals surface area contributed by atoms with E-state index in [0.717, 1.165) is 0 Å². The van der Waals surface area contributed by atoms with Crippen molar-refractivity contribution in [3.63, 3.8) is 0 Å². The average molecular weight is 259 g/mol. The molecule has 17 heavy (non-hydrogen) atoms. The largest absolute Gasteiger partial charge is 0.490 e. The third-order valence-corrected chi connectivity index (χ3v) is 2.99. The first kappa shape index (κ1) is 12.2. The predicted octanol–water partition coefficient (Wildman–Crippen LogP) is 2.81. The van der Waals surface area contributed by atoms with Crippen LogP contribution in [-0.2, 0) is 9.53 Å². The molecule has 1 aliphatic rings. The number of hydrogen-bond donors (Lipinski definition) is 0. The molecule has 0 N–H and O–H groups in total. The standard InChI is InChI=1S/C12H12ClFO3/c1-16-12(15)7-2-10(3-7)17-11-5-8(13)4-9(14)6-11/h4-7,10H,2-3H2,1H3/t7-,10-. The Labute approximate surface area is 103 Å². The van der Waals surface area contributed by atoms with Crippen LogP contribution >= 0.6 is 11.6 Å². The van der Waals surface area contributed by atoms with Crippen LogP contribution in [0.4, 0.5) is 4.39 Å². The lowest BCUT2D eigenvalue weighted by molar-refractivity contribution is -0.151. The van der Waals surface area contributed by atoms with Gasteiger partial charge in [0.15, 0.2) is 0 Å². The lowest BCUT2D eigenvalue weighted by Crippen LogP contribution is -2.38. The van der Waals surface area contributed by atoms with E-state index in [4.69, 9.17) is 16.3 Å². The third-order valence-electron chi connectivity index (χ3n) is 2.77. The maximum absolute atomic E-state index is 13.0. The summed E-state index contributed by atoms with van der Waals surface area (Å²) in [6, 6.07) is 4.04. The molecule has 0 atom stereocenters. The topological polar surface area (TPSA) is 35.5 Å². The molecule has 0 amide bonds. The summed E-state index contributed by atoms with van der Waals surface area (Å²) < 4.78 is 23.1. The number of methoxy groups -OCH3 is 1. The van der Waals surface area contributed by atoms with Crippen LogP contribution in [0.3, 0.4) is 0 Å². The zero-order chi connectivity index (χ0) is 12.4. The van der Waals surface area contributed by atoms with Gasteiger partial charge in [0, 0.05) is 11.1 Å². The minimum atomic E-state index is -0.434. The van der Waals surface area contributed by atoms with Crippen LogP contribution in [0.2, 0.25) is 5.02 Å². The highest BCUT2D eigenvalue weighted by molar-refractivity contribution is 6.30. The highest BCUT2D eigenvalue weighted by Gasteiger charge is 2.36. The molecule has 0 unspecified atom stereocenters. The van der Waals surface area contributed by atoms with Gasteiger partial charge in [-0.05, 0) is 25.0 Å². The molecule has 3 nitrogen and oxygen atoms in total. The molecule has 1 aromatic carbocycles. The van der Waals surface area contributed by atoms with E-state index in [2.05, 4.69) is 4.74 Å². The number of esters is 1. The van der Waals surface area contributed by atoms with E-state index in [-0.39, 0.29) is 18.0 Å². The first-order valence-electron chi connectivity index (χ1n) is 5.29. The van der Waals surface area contributed by atoms with Crippen molar-refractivity contribution in [2.24, 2.45) is 5.92 Å². The van der Waals surface area contributed by atoms with Gasteiger partial charge in [-0.1, -0.05) is 11.6 Å². The van der Waals surface area contributed by atoms with E-state index < -0.39 is 5.82 Å². The van der Waals surface area contributed by atoms with Crippen molar-refractivity contribution in [1.29, 1.82) is 0 Å². The first-order valence-corrected chi connectivity index (χ1v) is 5.67. The molecule has 1 saturated carbocycles. The Hall–Kier alpha value is -1.29. The molecule has 1 aliphatic carbocycles.